The third-order valence-electron chi connectivity index (χ3n) is 3.05. The monoisotopic (exact) mass is 291 g/mol. The summed E-state index contributed by atoms with van der Waals surface area (Å²) in [6, 6.07) is 7.07. The van der Waals surface area contributed by atoms with Crippen molar-refractivity contribution >= 4 is 22.2 Å². The molecule has 4 nitrogen and oxygen atoms in total. The molecule has 1 aromatic heterocycles. The van der Waals surface area contributed by atoms with Gasteiger partial charge in [0.1, 0.15) is 0 Å². The topological polar surface area (TPSA) is 47.6 Å². The zero-order valence-corrected chi connectivity index (χ0v) is 12.8. The van der Waals surface area contributed by atoms with Crippen molar-refractivity contribution in [2.24, 2.45) is 0 Å². The van der Waals surface area contributed by atoms with Gasteiger partial charge in [-0.1, -0.05) is 0 Å². The molecule has 0 saturated carbocycles. The largest absolute Gasteiger partial charge is 0.493 e. The number of methoxy groups -OCH3 is 2. The van der Waals surface area contributed by atoms with Crippen molar-refractivity contribution in [2.75, 3.05) is 19.5 Å². The minimum atomic E-state index is -0.160. The van der Waals surface area contributed by atoms with Crippen LogP contribution in [0.1, 0.15) is 20.8 Å². The van der Waals surface area contributed by atoms with Crippen LogP contribution in [0.4, 0.5) is 5.00 Å². The van der Waals surface area contributed by atoms with Crippen LogP contribution in [0.5, 0.6) is 11.5 Å². The van der Waals surface area contributed by atoms with Crippen molar-refractivity contribution in [3.05, 3.63) is 40.3 Å². The van der Waals surface area contributed by atoms with Gasteiger partial charge >= 0.3 is 0 Å². The van der Waals surface area contributed by atoms with E-state index in [0.29, 0.717) is 17.1 Å². The molecule has 0 aliphatic heterocycles. The van der Waals surface area contributed by atoms with Gasteiger partial charge in [0.15, 0.2) is 11.5 Å². The molecule has 5 heteroatoms. The van der Waals surface area contributed by atoms with Gasteiger partial charge in [0, 0.05) is 10.4 Å². The Morgan fingerprint density at radius 1 is 1.10 bits per heavy atom. The molecule has 1 N–H and O–H groups in total. The molecule has 0 saturated heterocycles. The fraction of sp³-hybridized carbons (Fsp3) is 0.267. The Balaban J connectivity index is 2.20. The molecule has 2 rings (SSSR count). The smallest absolute Gasteiger partial charge is 0.256 e. The number of hydrogen-bond donors (Lipinski definition) is 1. The van der Waals surface area contributed by atoms with Crippen molar-refractivity contribution in [1.29, 1.82) is 0 Å². The van der Waals surface area contributed by atoms with Gasteiger partial charge in [0.25, 0.3) is 5.91 Å². The van der Waals surface area contributed by atoms with Gasteiger partial charge in [-0.25, -0.2) is 0 Å². The predicted octanol–water partition coefficient (Wildman–Crippen LogP) is 3.63. The number of anilines is 1. The Hall–Kier alpha value is -2.01. The lowest BCUT2D eigenvalue weighted by Gasteiger charge is -2.09. The van der Waals surface area contributed by atoms with E-state index < -0.39 is 0 Å². The molecule has 0 bridgehead atoms. The Morgan fingerprint density at radius 2 is 1.80 bits per heavy atom. The number of carbonyl (C=O) groups is 1. The Labute approximate surface area is 122 Å². The van der Waals surface area contributed by atoms with E-state index in [-0.39, 0.29) is 5.91 Å². The molecule has 1 aromatic carbocycles. The first-order valence-electron chi connectivity index (χ1n) is 6.15. The van der Waals surface area contributed by atoms with E-state index in [1.165, 1.54) is 10.4 Å². The molecule has 2 aromatic rings. The van der Waals surface area contributed by atoms with Crippen LogP contribution in [0.3, 0.4) is 0 Å². The molecule has 106 valence electrons. The van der Waals surface area contributed by atoms with Crippen LogP contribution in [-0.2, 0) is 0 Å². The number of amides is 1. The number of benzene rings is 1. The average Bonchev–Trinajstić information content (AvgIpc) is 2.76. The third kappa shape index (κ3) is 2.93. The van der Waals surface area contributed by atoms with Crippen molar-refractivity contribution in [1.82, 2.24) is 0 Å². The van der Waals surface area contributed by atoms with Crippen LogP contribution in [-0.4, -0.2) is 20.1 Å². The minimum Gasteiger partial charge on any atom is -0.493 e. The SMILES string of the molecule is COc1ccc(C(=O)Nc2cc(C)c(C)s2)cc1OC. The first-order valence-corrected chi connectivity index (χ1v) is 6.97. The second-order valence-electron chi connectivity index (χ2n) is 4.37. The molecule has 0 fully saturated rings. The maximum Gasteiger partial charge on any atom is 0.256 e. The van der Waals surface area contributed by atoms with E-state index >= 15 is 0 Å². The maximum atomic E-state index is 12.2. The van der Waals surface area contributed by atoms with Gasteiger partial charge < -0.3 is 14.8 Å². The lowest BCUT2D eigenvalue weighted by Crippen LogP contribution is -2.11. The average molecular weight is 291 g/mol. The van der Waals surface area contributed by atoms with Gasteiger partial charge in [0.05, 0.1) is 19.2 Å². The first kappa shape index (κ1) is 14.4. The van der Waals surface area contributed by atoms with Gasteiger partial charge in [0.2, 0.25) is 0 Å². The van der Waals surface area contributed by atoms with Crippen LogP contribution < -0.4 is 14.8 Å². The van der Waals surface area contributed by atoms with E-state index in [1.54, 1.807) is 43.8 Å². The first-order chi connectivity index (χ1) is 9.55. The number of rotatable bonds is 4. The number of hydrogen-bond acceptors (Lipinski definition) is 4. The summed E-state index contributed by atoms with van der Waals surface area (Å²) in [6.07, 6.45) is 0. The maximum absolute atomic E-state index is 12.2. The molecule has 0 spiro atoms. The van der Waals surface area contributed by atoms with Crippen molar-refractivity contribution in [3.8, 4) is 11.5 Å². The molecule has 0 radical (unpaired) electrons. The van der Waals surface area contributed by atoms with Crippen LogP contribution in [0, 0.1) is 13.8 Å². The highest BCUT2D eigenvalue weighted by atomic mass is 32.1. The quantitative estimate of drug-likeness (QED) is 0.935. The fourth-order valence-corrected chi connectivity index (χ4v) is 2.73. The predicted molar refractivity (Wildman–Crippen MR) is 81.3 cm³/mol. The van der Waals surface area contributed by atoms with Gasteiger partial charge in [-0.05, 0) is 43.7 Å². The van der Waals surface area contributed by atoms with Crippen LogP contribution >= 0.6 is 11.3 Å². The lowest BCUT2D eigenvalue weighted by atomic mass is 10.2. The second kappa shape index (κ2) is 5.96. The van der Waals surface area contributed by atoms with E-state index in [1.807, 2.05) is 19.9 Å². The number of ether oxygens (including phenoxy) is 2. The standard InChI is InChI=1S/C15H17NO3S/c1-9-7-14(20-10(9)2)16-15(17)11-5-6-12(18-3)13(8-11)19-4/h5-8H,1-4H3,(H,16,17). The van der Waals surface area contributed by atoms with E-state index in [9.17, 15) is 4.79 Å². The number of thiophene rings is 1. The zero-order valence-electron chi connectivity index (χ0n) is 11.9. The zero-order chi connectivity index (χ0) is 14.7. The molecular formula is C15H17NO3S. The Kier molecular flexibility index (Phi) is 4.29. The Morgan fingerprint density at radius 3 is 2.35 bits per heavy atom. The summed E-state index contributed by atoms with van der Waals surface area (Å²) in [5.74, 6) is 0.984. The fourth-order valence-electron chi connectivity index (χ4n) is 1.80. The highest BCUT2D eigenvalue weighted by molar-refractivity contribution is 7.16. The Bertz CT molecular complexity index is 615. The number of carbonyl (C=O) groups excluding carboxylic acids is 1. The highest BCUT2D eigenvalue weighted by Crippen LogP contribution is 2.29. The third-order valence-corrected chi connectivity index (χ3v) is 4.12. The summed E-state index contributed by atoms with van der Waals surface area (Å²) < 4.78 is 10.4. The molecule has 1 heterocycles. The van der Waals surface area contributed by atoms with Crippen LogP contribution in [0.15, 0.2) is 24.3 Å². The van der Waals surface area contributed by atoms with Gasteiger partial charge in [-0.15, -0.1) is 11.3 Å². The second-order valence-corrected chi connectivity index (χ2v) is 5.63. The lowest BCUT2D eigenvalue weighted by molar-refractivity contribution is 0.102. The summed E-state index contributed by atoms with van der Waals surface area (Å²) in [6.45, 7) is 4.06. The van der Waals surface area contributed by atoms with Crippen molar-refractivity contribution in [3.63, 3.8) is 0 Å². The molecule has 0 aliphatic rings. The molecule has 0 aliphatic carbocycles. The molecule has 0 unspecified atom stereocenters. The van der Waals surface area contributed by atoms with Crippen molar-refractivity contribution < 1.29 is 14.3 Å². The summed E-state index contributed by atoms with van der Waals surface area (Å²) in [5, 5.41) is 3.74. The van der Waals surface area contributed by atoms with Crippen molar-refractivity contribution in [2.45, 2.75) is 13.8 Å². The van der Waals surface area contributed by atoms with Crippen LogP contribution in [0.25, 0.3) is 0 Å². The summed E-state index contributed by atoms with van der Waals surface area (Å²) >= 11 is 1.57. The minimum absolute atomic E-state index is 0.160. The molecule has 20 heavy (non-hydrogen) atoms. The summed E-state index contributed by atoms with van der Waals surface area (Å²) in [4.78, 5) is 13.4. The van der Waals surface area contributed by atoms with E-state index in [2.05, 4.69) is 5.32 Å². The molecular weight excluding hydrogens is 274 g/mol. The highest BCUT2D eigenvalue weighted by Gasteiger charge is 2.12. The van der Waals surface area contributed by atoms with Crippen LogP contribution in [0.2, 0.25) is 0 Å². The summed E-state index contributed by atoms with van der Waals surface area (Å²) in [5.41, 5.74) is 1.71. The van der Waals surface area contributed by atoms with E-state index in [4.69, 9.17) is 9.47 Å². The molecule has 1 amide bonds. The molecule has 0 atom stereocenters. The number of nitrogens with one attached hydrogen (secondary N) is 1. The van der Waals surface area contributed by atoms with E-state index in [0.717, 1.165) is 5.00 Å². The van der Waals surface area contributed by atoms with Gasteiger partial charge in [-0.3, -0.25) is 4.79 Å². The normalized spacial score (nSPS) is 10.2. The van der Waals surface area contributed by atoms with Gasteiger partial charge in [-0.2, -0.15) is 0 Å². The number of aryl methyl sites for hydroxylation is 2. The summed E-state index contributed by atoms with van der Waals surface area (Å²) in [7, 11) is 3.11.